The smallest absolute Gasteiger partial charge is 0.247 e. The van der Waals surface area contributed by atoms with Crippen molar-refractivity contribution in [3.63, 3.8) is 0 Å². The van der Waals surface area contributed by atoms with Gasteiger partial charge in [-0.15, -0.1) is 0 Å². The van der Waals surface area contributed by atoms with Crippen molar-refractivity contribution in [1.82, 2.24) is 0 Å². The molecule has 2 aromatic rings. The van der Waals surface area contributed by atoms with Gasteiger partial charge in [0.25, 0.3) is 0 Å². The van der Waals surface area contributed by atoms with Crippen molar-refractivity contribution in [1.29, 1.82) is 0 Å². The van der Waals surface area contributed by atoms with Crippen LogP contribution in [-0.2, 0) is 14.8 Å². The number of carbonyl (C=O) groups is 1. The molecule has 0 aliphatic rings. The fourth-order valence-electron chi connectivity index (χ4n) is 2.26. The third-order valence-electron chi connectivity index (χ3n) is 3.42. The minimum Gasteiger partial charge on any atom is -0.324 e. The van der Waals surface area contributed by atoms with Crippen LogP contribution in [0, 0.1) is 11.6 Å². The van der Waals surface area contributed by atoms with Crippen molar-refractivity contribution in [2.45, 2.75) is 13.0 Å². The van der Waals surface area contributed by atoms with Gasteiger partial charge in [0.05, 0.1) is 17.0 Å². The highest BCUT2D eigenvalue weighted by Crippen LogP contribution is 2.32. The van der Waals surface area contributed by atoms with Gasteiger partial charge in [0, 0.05) is 16.8 Å². The van der Waals surface area contributed by atoms with E-state index in [1.54, 1.807) is 0 Å². The highest BCUT2D eigenvalue weighted by molar-refractivity contribution is 7.92. The molecule has 5 nitrogen and oxygen atoms in total. The lowest BCUT2D eigenvalue weighted by atomic mass is 10.2. The quantitative estimate of drug-likeness (QED) is 0.789. The monoisotopic (exact) mass is 422 g/mol. The lowest BCUT2D eigenvalue weighted by Gasteiger charge is -2.29. The number of rotatable bonds is 5. The average Bonchev–Trinajstić information content (AvgIpc) is 2.53. The fraction of sp³-hybridized carbons (Fsp3) is 0.188. The van der Waals surface area contributed by atoms with Crippen LogP contribution in [-0.4, -0.2) is 26.6 Å². The summed E-state index contributed by atoms with van der Waals surface area (Å²) in [5.41, 5.74) is 0.000922. The summed E-state index contributed by atoms with van der Waals surface area (Å²) in [5.74, 6) is -2.98. The second-order valence-corrected chi connectivity index (χ2v) is 8.15. The number of nitrogens with one attached hydrogen (secondary N) is 1. The number of hydrogen-bond donors (Lipinski definition) is 1. The minimum atomic E-state index is -3.91. The van der Waals surface area contributed by atoms with E-state index in [2.05, 4.69) is 5.32 Å². The van der Waals surface area contributed by atoms with E-state index >= 15 is 0 Å². The van der Waals surface area contributed by atoms with Crippen LogP contribution in [0.2, 0.25) is 10.0 Å². The van der Waals surface area contributed by atoms with E-state index in [4.69, 9.17) is 23.2 Å². The number of sulfonamides is 1. The highest BCUT2D eigenvalue weighted by Gasteiger charge is 2.31. The molecule has 2 aromatic carbocycles. The number of hydrogen-bond acceptors (Lipinski definition) is 3. The summed E-state index contributed by atoms with van der Waals surface area (Å²) in [6.45, 7) is 1.33. The molecule has 0 saturated carbocycles. The van der Waals surface area contributed by atoms with E-state index in [0.717, 1.165) is 28.8 Å². The summed E-state index contributed by atoms with van der Waals surface area (Å²) in [6.07, 6.45) is 0.908. The Morgan fingerprint density at radius 3 is 2.35 bits per heavy atom. The van der Waals surface area contributed by atoms with Crippen molar-refractivity contribution in [3.8, 4) is 0 Å². The third-order valence-corrected chi connectivity index (χ3v) is 5.20. The summed E-state index contributed by atoms with van der Waals surface area (Å²) < 4.78 is 51.5. The van der Waals surface area contributed by atoms with Crippen molar-refractivity contribution in [2.24, 2.45) is 0 Å². The normalized spacial score (nSPS) is 12.5. The van der Waals surface area contributed by atoms with Gasteiger partial charge in [-0.2, -0.15) is 0 Å². The number of nitrogens with zero attached hydrogens (tertiary/aromatic N) is 1. The molecule has 0 radical (unpaired) electrons. The van der Waals surface area contributed by atoms with Crippen molar-refractivity contribution in [2.75, 3.05) is 15.9 Å². The Labute approximate surface area is 159 Å². The largest absolute Gasteiger partial charge is 0.324 e. The lowest BCUT2D eigenvalue weighted by Crippen LogP contribution is -2.45. The molecule has 1 amide bonds. The molecule has 0 heterocycles. The first-order valence-electron chi connectivity index (χ1n) is 7.21. The van der Waals surface area contributed by atoms with Crippen molar-refractivity contribution >= 4 is 50.5 Å². The summed E-state index contributed by atoms with van der Waals surface area (Å²) in [4.78, 5) is 12.5. The van der Waals surface area contributed by atoms with E-state index in [1.165, 1.54) is 25.1 Å². The van der Waals surface area contributed by atoms with E-state index in [0.29, 0.717) is 0 Å². The molecule has 0 fully saturated rings. The SMILES string of the molecule is C[C@H](C(=O)Nc1ccc(F)c(F)c1)N(c1cc(Cl)ccc1Cl)S(C)(=O)=O. The van der Waals surface area contributed by atoms with Gasteiger partial charge in [-0.05, 0) is 37.3 Å². The van der Waals surface area contributed by atoms with Gasteiger partial charge in [-0.25, -0.2) is 17.2 Å². The van der Waals surface area contributed by atoms with Gasteiger partial charge in [-0.3, -0.25) is 9.10 Å². The van der Waals surface area contributed by atoms with Crippen LogP contribution < -0.4 is 9.62 Å². The fourth-order valence-corrected chi connectivity index (χ4v) is 3.86. The Bertz CT molecular complexity index is 955. The van der Waals surface area contributed by atoms with Crippen LogP contribution in [0.3, 0.4) is 0 Å². The predicted octanol–water partition coefficient (Wildman–Crippen LogP) is 4.06. The Kier molecular flexibility index (Phi) is 6.10. The predicted molar refractivity (Wildman–Crippen MR) is 98.2 cm³/mol. The van der Waals surface area contributed by atoms with Crippen LogP contribution in [0.1, 0.15) is 6.92 Å². The number of halogens is 4. The topological polar surface area (TPSA) is 66.5 Å². The first-order valence-corrected chi connectivity index (χ1v) is 9.81. The second kappa shape index (κ2) is 7.77. The maximum Gasteiger partial charge on any atom is 0.247 e. The Hall–Kier alpha value is -1.90. The Morgan fingerprint density at radius 2 is 1.77 bits per heavy atom. The minimum absolute atomic E-state index is 0.0219. The maximum absolute atomic E-state index is 13.3. The van der Waals surface area contributed by atoms with E-state index < -0.39 is 33.6 Å². The maximum atomic E-state index is 13.3. The van der Waals surface area contributed by atoms with Gasteiger partial charge in [-0.1, -0.05) is 23.2 Å². The molecular formula is C16H14Cl2F2N2O3S. The Morgan fingerprint density at radius 1 is 1.12 bits per heavy atom. The first-order chi connectivity index (χ1) is 12.0. The number of benzene rings is 2. The standard InChI is InChI=1S/C16H14Cl2F2N2O3S/c1-9(16(23)21-11-4-6-13(19)14(20)8-11)22(26(2,24)25)15-7-10(17)3-5-12(15)18/h3-9H,1-2H3,(H,21,23)/t9-/m1/s1. The van der Waals surface area contributed by atoms with Crippen LogP contribution in [0.4, 0.5) is 20.2 Å². The van der Waals surface area contributed by atoms with Crippen LogP contribution in [0.15, 0.2) is 36.4 Å². The van der Waals surface area contributed by atoms with Crippen molar-refractivity contribution < 1.29 is 22.0 Å². The highest BCUT2D eigenvalue weighted by atomic mass is 35.5. The zero-order valence-corrected chi connectivity index (χ0v) is 16.0. The zero-order chi connectivity index (χ0) is 19.6. The average molecular weight is 423 g/mol. The molecule has 0 aliphatic carbocycles. The van der Waals surface area contributed by atoms with Gasteiger partial charge >= 0.3 is 0 Å². The van der Waals surface area contributed by atoms with Gasteiger partial charge in [0.2, 0.25) is 15.9 Å². The molecule has 2 rings (SSSR count). The second-order valence-electron chi connectivity index (χ2n) is 5.45. The lowest BCUT2D eigenvalue weighted by molar-refractivity contribution is -0.116. The summed E-state index contributed by atoms with van der Waals surface area (Å²) in [7, 11) is -3.91. The van der Waals surface area contributed by atoms with Gasteiger partial charge in [0.15, 0.2) is 11.6 Å². The molecule has 1 atom stereocenters. The molecule has 10 heteroatoms. The van der Waals surface area contributed by atoms with Gasteiger partial charge < -0.3 is 5.32 Å². The van der Waals surface area contributed by atoms with E-state index in [9.17, 15) is 22.0 Å². The molecule has 0 unspecified atom stereocenters. The molecule has 26 heavy (non-hydrogen) atoms. The number of carbonyl (C=O) groups excluding carboxylic acids is 1. The third kappa shape index (κ3) is 4.63. The molecule has 0 saturated heterocycles. The van der Waals surface area contributed by atoms with Crippen LogP contribution in [0.5, 0.6) is 0 Å². The molecular weight excluding hydrogens is 409 g/mol. The molecule has 0 aliphatic heterocycles. The van der Waals surface area contributed by atoms with E-state index in [-0.39, 0.29) is 21.4 Å². The van der Waals surface area contributed by atoms with Crippen LogP contribution in [0.25, 0.3) is 0 Å². The summed E-state index contributed by atoms with van der Waals surface area (Å²) in [5, 5.41) is 2.64. The first kappa shape index (κ1) is 20.4. The molecule has 140 valence electrons. The summed E-state index contributed by atoms with van der Waals surface area (Å²) in [6, 6.07) is 5.73. The molecule has 0 bridgehead atoms. The van der Waals surface area contributed by atoms with Crippen molar-refractivity contribution in [3.05, 3.63) is 58.1 Å². The number of anilines is 2. The molecule has 1 N–H and O–H groups in total. The Balaban J connectivity index is 2.37. The molecule has 0 aromatic heterocycles. The van der Waals surface area contributed by atoms with Crippen LogP contribution >= 0.6 is 23.2 Å². The summed E-state index contributed by atoms with van der Waals surface area (Å²) >= 11 is 12.0. The van der Waals surface area contributed by atoms with E-state index in [1.807, 2.05) is 0 Å². The zero-order valence-electron chi connectivity index (χ0n) is 13.6. The number of amides is 1. The van der Waals surface area contributed by atoms with Gasteiger partial charge in [0.1, 0.15) is 6.04 Å². The molecule has 0 spiro atoms.